The van der Waals surface area contributed by atoms with Gasteiger partial charge >= 0.3 is 6.03 Å². The van der Waals surface area contributed by atoms with Gasteiger partial charge in [0.15, 0.2) is 17.1 Å². The Morgan fingerprint density at radius 2 is 2.00 bits per heavy atom. The molecule has 2 fully saturated rings. The predicted octanol–water partition coefficient (Wildman–Crippen LogP) is 1.20. The number of halogens is 1. The zero-order chi connectivity index (χ0) is 25.4. The molecule has 3 unspecified atom stereocenters. The van der Waals surface area contributed by atoms with E-state index in [4.69, 9.17) is 9.26 Å². The zero-order valence-electron chi connectivity index (χ0n) is 19.8. The predicted molar refractivity (Wildman–Crippen MR) is 123 cm³/mol. The topological polar surface area (TPSA) is 144 Å². The van der Waals surface area contributed by atoms with Gasteiger partial charge in [-0.3, -0.25) is 24.9 Å². The first-order valence-corrected chi connectivity index (χ1v) is 11.6. The fourth-order valence-corrected chi connectivity index (χ4v) is 5.82. The summed E-state index contributed by atoms with van der Waals surface area (Å²) < 4.78 is 29.1. The van der Waals surface area contributed by atoms with E-state index in [1.165, 1.54) is 0 Å². The summed E-state index contributed by atoms with van der Waals surface area (Å²) in [5.41, 5.74) is -0.152. The highest BCUT2D eigenvalue weighted by atomic mass is 19.1. The van der Waals surface area contributed by atoms with Crippen molar-refractivity contribution in [1.29, 1.82) is 0 Å². The minimum absolute atomic E-state index is 0.0309. The van der Waals surface area contributed by atoms with Gasteiger partial charge in [0.1, 0.15) is 0 Å². The van der Waals surface area contributed by atoms with Crippen LogP contribution in [0.2, 0.25) is 0 Å². The maximum Gasteiger partial charge on any atom is 0.328 e. The molecule has 2 saturated heterocycles. The van der Waals surface area contributed by atoms with Crippen LogP contribution < -0.4 is 20.9 Å². The maximum atomic E-state index is 16.1. The van der Waals surface area contributed by atoms with E-state index < -0.39 is 41.2 Å². The van der Waals surface area contributed by atoms with Crippen molar-refractivity contribution in [1.82, 2.24) is 25.6 Å². The molecular weight excluding hydrogens is 473 g/mol. The van der Waals surface area contributed by atoms with E-state index in [0.29, 0.717) is 23.3 Å². The quantitative estimate of drug-likeness (QED) is 0.455. The molecule has 3 aliphatic heterocycles. The van der Waals surface area contributed by atoms with Crippen LogP contribution in [0.4, 0.5) is 20.7 Å². The van der Waals surface area contributed by atoms with Crippen molar-refractivity contribution in [2.24, 2.45) is 12.5 Å². The number of hydrogen-bond acceptors (Lipinski definition) is 9. The molecule has 4 amide bonds. The Labute approximate surface area is 204 Å². The van der Waals surface area contributed by atoms with Gasteiger partial charge < -0.3 is 19.5 Å². The van der Waals surface area contributed by atoms with Crippen molar-refractivity contribution >= 4 is 40.3 Å². The van der Waals surface area contributed by atoms with Crippen LogP contribution in [0.15, 0.2) is 23.0 Å². The smallest absolute Gasteiger partial charge is 0.328 e. The second kappa shape index (κ2) is 7.75. The Bertz CT molecular complexity index is 1410. The Morgan fingerprint density at radius 3 is 2.69 bits per heavy atom. The molecule has 0 saturated carbocycles. The van der Waals surface area contributed by atoms with Crippen LogP contribution in [0.5, 0.6) is 0 Å². The molecule has 36 heavy (non-hydrogen) atoms. The van der Waals surface area contributed by atoms with Gasteiger partial charge in [0, 0.05) is 38.3 Å². The molecule has 2 aromatic heterocycles. The highest BCUT2D eigenvalue weighted by Crippen LogP contribution is 2.49. The summed E-state index contributed by atoms with van der Waals surface area (Å²) in [6.07, 6.45) is 2.51. The van der Waals surface area contributed by atoms with E-state index in [9.17, 15) is 14.4 Å². The van der Waals surface area contributed by atoms with Crippen molar-refractivity contribution in [3.8, 4) is 0 Å². The van der Waals surface area contributed by atoms with Crippen molar-refractivity contribution < 1.29 is 28.0 Å². The average Bonchev–Trinajstić information content (AvgIpc) is 3.41. The van der Waals surface area contributed by atoms with E-state index in [1.807, 2.05) is 13.1 Å². The number of barbiturate groups is 1. The number of urea groups is 1. The van der Waals surface area contributed by atoms with Gasteiger partial charge in [-0.2, -0.15) is 5.10 Å². The third-order valence-corrected chi connectivity index (χ3v) is 7.18. The lowest BCUT2D eigenvalue weighted by atomic mass is 9.66. The number of ether oxygens (including phenoxy) is 1. The number of carbonyl (C=O) groups is 3. The van der Waals surface area contributed by atoms with Crippen LogP contribution in [0.3, 0.4) is 0 Å². The van der Waals surface area contributed by atoms with Crippen molar-refractivity contribution in [2.75, 3.05) is 16.8 Å². The number of aryl methyl sites for hydroxylation is 1. The number of nitrogens with one attached hydrogen (secondary N) is 3. The Kier molecular flexibility index (Phi) is 4.84. The third-order valence-electron chi connectivity index (χ3n) is 7.18. The van der Waals surface area contributed by atoms with Crippen LogP contribution in [0.25, 0.3) is 11.0 Å². The van der Waals surface area contributed by atoms with Gasteiger partial charge in [-0.1, -0.05) is 5.16 Å². The van der Waals surface area contributed by atoms with Crippen LogP contribution in [-0.2, 0) is 34.3 Å². The number of fused-ring (bicyclic) bond motifs is 5. The van der Waals surface area contributed by atoms with Gasteiger partial charge in [0.25, 0.3) is 0 Å². The molecule has 3 aromatic rings. The third kappa shape index (κ3) is 3.11. The monoisotopic (exact) mass is 497 g/mol. The molecule has 0 aliphatic carbocycles. The number of hydrogen-bond donors (Lipinski definition) is 3. The van der Waals surface area contributed by atoms with Crippen molar-refractivity contribution in [2.45, 2.75) is 45.1 Å². The first-order chi connectivity index (χ1) is 17.2. The summed E-state index contributed by atoms with van der Waals surface area (Å²) in [6, 6.07) is -0.0316. The molecule has 0 radical (unpaired) electrons. The molecule has 6 rings (SSSR count). The molecule has 12 nitrogen and oxygen atoms in total. The van der Waals surface area contributed by atoms with Gasteiger partial charge in [-0.15, -0.1) is 0 Å². The number of benzene rings is 1. The fraction of sp³-hybridized carbons (Fsp3) is 0.435. The van der Waals surface area contributed by atoms with E-state index in [2.05, 4.69) is 26.2 Å². The lowest BCUT2D eigenvalue weighted by Gasteiger charge is -2.55. The standard InChI is InChI=1S/C23H24FN7O5/c1-10-8-31-16-13(5-23(18(31)11(2)35-10)20(32)27-22(34)28-21(23)33)4-14-17(15(16)24)36-29-19(14)25-6-12-7-26-30(3)9-12/h4,7,9-11,18H,5-6,8H2,1-3H3,(H,25,29)(H2,27,28,32,33,34). The molecule has 1 aromatic carbocycles. The minimum Gasteiger partial charge on any atom is -0.372 e. The molecule has 3 atom stereocenters. The first-order valence-electron chi connectivity index (χ1n) is 11.6. The number of rotatable bonds is 3. The number of morpholine rings is 1. The number of carbonyl (C=O) groups excluding carboxylic acids is 3. The summed E-state index contributed by atoms with van der Waals surface area (Å²) in [4.78, 5) is 40.2. The number of amides is 4. The SMILES string of the molecule is CC1CN2c3c(cc4c(NCc5cnn(C)c5)noc4c3F)CC3(C(=O)NC(=O)NC3=O)C2C(C)O1. The lowest BCUT2D eigenvalue weighted by Crippen LogP contribution is -2.75. The molecule has 3 aliphatic rings. The van der Waals surface area contributed by atoms with Gasteiger partial charge in [0.05, 0.1) is 35.5 Å². The Morgan fingerprint density at radius 1 is 1.25 bits per heavy atom. The largest absolute Gasteiger partial charge is 0.372 e. The van der Waals surface area contributed by atoms with Crippen LogP contribution >= 0.6 is 0 Å². The average molecular weight is 497 g/mol. The first kappa shape index (κ1) is 22.5. The van der Waals surface area contributed by atoms with Gasteiger partial charge in [-0.05, 0) is 25.5 Å². The lowest BCUT2D eigenvalue weighted by molar-refractivity contribution is -0.153. The minimum atomic E-state index is -1.69. The Hall–Kier alpha value is -4.00. The molecule has 1 spiro atoms. The number of aromatic nitrogens is 3. The molecule has 13 heteroatoms. The van der Waals surface area contributed by atoms with Gasteiger partial charge in [-0.25, -0.2) is 9.18 Å². The van der Waals surface area contributed by atoms with E-state index in [-0.39, 0.29) is 30.3 Å². The normalized spacial score (nSPS) is 24.9. The molecule has 188 valence electrons. The number of nitrogens with zero attached hydrogens (tertiary/aromatic N) is 4. The highest BCUT2D eigenvalue weighted by Gasteiger charge is 2.63. The summed E-state index contributed by atoms with van der Waals surface area (Å²) in [5.74, 6) is -1.77. The summed E-state index contributed by atoms with van der Waals surface area (Å²) in [6.45, 7) is 4.19. The van der Waals surface area contributed by atoms with Crippen molar-refractivity contribution in [3.05, 3.63) is 35.4 Å². The van der Waals surface area contributed by atoms with Crippen molar-refractivity contribution in [3.63, 3.8) is 0 Å². The number of imide groups is 2. The van der Waals surface area contributed by atoms with Crippen LogP contribution in [-0.4, -0.2) is 57.6 Å². The highest BCUT2D eigenvalue weighted by molar-refractivity contribution is 6.20. The van der Waals surface area contributed by atoms with Crippen LogP contribution in [0, 0.1) is 11.2 Å². The summed E-state index contributed by atoms with van der Waals surface area (Å²) >= 11 is 0. The van der Waals surface area contributed by atoms with Gasteiger partial charge in [0.2, 0.25) is 17.4 Å². The van der Waals surface area contributed by atoms with E-state index >= 15 is 4.39 Å². The molecule has 0 bridgehead atoms. The second-order valence-electron chi connectivity index (χ2n) is 9.62. The maximum absolute atomic E-state index is 16.1. The van der Waals surface area contributed by atoms with Crippen LogP contribution in [0.1, 0.15) is 25.0 Å². The molecule has 5 heterocycles. The molecule has 3 N–H and O–H groups in total. The fourth-order valence-electron chi connectivity index (χ4n) is 5.82. The Balaban J connectivity index is 1.48. The number of anilines is 2. The van der Waals surface area contributed by atoms with E-state index in [0.717, 1.165) is 5.56 Å². The summed E-state index contributed by atoms with van der Waals surface area (Å²) in [7, 11) is 1.80. The molecular formula is C23H24FN7O5. The second-order valence-corrected chi connectivity index (χ2v) is 9.62. The zero-order valence-corrected chi connectivity index (χ0v) is 19.8. The summed E-state index contributed by atoms with van der Waals surface area (Å²) in [5, 5.41) is 16.1. The van der Waals surface area contributed by atoms with E-state index in [1.54, 1.807) is 35.8 Å².